The zero-order valence-corrected chi connectivity index (χ0v) is 23.9. The van der Waals surface area contributed by atoms with Gasteiger partial charge in [-0.15, -0.1) is 10.2 Å². The number of rotatable bonds is 9. The van der Waals surface area contributed by atoms with Crippen LogP contribution < -0.4 is 14.9 Å². The summed E-state index contributed by atoms with van der Waals surface area (Å²) in [4.78, 5) is 12.6. The standard InChI is InChI=1S/C30H33N5O3S/c1-20-10-16-24(17-11-20)35-28(21-12-14-23(15-13-21)30(2,3)4)33-34-29(35)39-19-26(36)32-31-18-22-8-7-9-25(37-5)27(22)38-6/h7-18H,19H2,1-6H3,(H,32,36). The van der Waals surface area contributed by atoms with Gasteiger partial charge in [-0.2, -0.15) is 5.10 Å². The van der Waals surface area contributed by atoms with Gasteiger partial charge in [0.1, 0.15) is 0 Å². The van der Waals surface area contributed by atoms with Crippen molar-refractivity contribution >= 4 is 23.9 Å². The molecule has 1 aromatic heterocycles. The van der Waals surface area contributed by atoms with Crippen molar-refractivity contribution in [2.75, 3.05) is 20.0 Å². The molecule has 0 spiro atoms. The van der Waals surface area contributed by atoms with Crippen molar-refractivity contribution in [3.63, 3.8) is 0 Å². The Labute approximate surface area is 233 Å². The van der Waals surface area contributed by atoms with Crippen molar-refractivity contribution in [3.8, 4) is 28.6 Å². The highest BCUT2D eigenvalue weighted by Crippen LogP contribution is 2.31. The number of benzene rings is 3. The predicted octanol–water partition coefficient (Wildman–Crippen LogP) is 5.80. The third-order valence-corrected chi connectivity index (χ3v) is 7.02. The number of thioether (sulfide) groups is 1. The van der Waals surface area contributed by atoms with E-state index in [2.05, 4.69) is 65.8 Å². The zero-order valence-electron chi connectivity index (χ0n) is 23.1. The Balaban J connectivity index is 1.53. The van der Waals surface area contributed by atoms with Gasteiger partial charge >= 0.3 is 0 Å². The Bertz CT molecular complexity index is 1460. The van der Waals surface area contributed by atoms with Gasteiger partial charge in [-0.25, -0.2) is 5.43 Å². The molecule has 1 amide bonds. The van der Waals surface area contributed by atoms with Gasteiger partial charge in [-0.1, -0.05) is 80.6 Å². The lowest BCUT2D eigenvalue weighted by atomic mass is 9.87. The van der Waals surface area contributed by atoms with E-state index in [-0.39, 0.29) is 17.1 Å². The van der Waals surface area contributed by atoms with Crippen molar-refractivity contribution in [3.05, 3.63) is 83.4 Å². The normalized spacial score (nSPS) is 11.5. The van der Waals surface area contributed by atoms with Crippen LogP contribution in [-0.2, 0) is 10.2 Å². The van der Waals surface area contributed by atoms with Gasteiger partial charge in [-0.05, 0) is 42.2 Å². The number of carbonyl (C=O) groups is 1. The minimum atomic E-state index is -0.271. The number of para-hydroxylation sites is 1. The van der Waals surface area contributed by atoms with Gasteiger partial charge < -0.3 is 9.47 Å². The smallest absolute Gasteiger partial charge is 0.250 e. The van der Waals surface area contributed by atoms with Crippen LogP contribution in [0.2, 0.25) is 0 Å². The second-order valence-electron chi connectivity index (χ2n) is 9.97. The van der Waals surface area contributed by atoms with Gasteiger partial charge in [0.05, 0.1) is 26.2 Å². The van der Waals surface area contributed by atoms with E-state index in [9.17, 15) is 4.79 Å². The molecule has 0 fully saturated rings. The highest BCUT2D eigenvalue weighted by molar-refractivity contribution is 7.99. The summed E-state index contributed by atoms with van der Waals surface area (Å²) in [6.07, 6.45) is 1.53. The second kappa shape index (κ2) is 12.2. The lowest BCUT2D eigenvalue weighted by Gasteiger charge is -2.19. The van der Waals surface area contributed by atoms with Gasteiger partial charge in [0.2, 0.25) is 0 Å². The Morgan fingerprint density at radius 2 is 1.72 bits per heavy atom. The zero-order chi connectivity index (χ0) is 28.0. The lowest BCUT2D eigenvalue weighted by molar-refractivity contribution is -0.118. The molecule has 0 aliphatic carbocycles. The Kier molecular flexibility index (Phi) is 8.71. The number of hydrazone groups is 1. The molecule has 8 nitrogen and oxygen atoms in total. The summed E-state index contributed by atoms with van der Waals surface area (Å²) in [5.74, 6) is 1.68. The number of aromatic nitrogens is 3. The molecule has 1 N–H and O–H groups in total. The minimum Gasteiger partial charge on any atom is -0.493 e. The summed E-state index contributed by atoms with van der Waals surface area (Å²) in [7, 11) is 3.13. The number of ether oxygens (including phenoxy) is 2. The molecule has 39 heavy (non-hydrogen) atoms. The van der Waals surface area contributed by atoms with Gasteiger partial charge in [-0.3, -0.25) is 9.36 Å². The van der Waals surface area contributed by atoms with E-state index in [1.54, 1.807) is 20.3 Å². The quantitative estimate of drug-likeness (QED) is 0.163. The fraction of sp³-hybridized carbons (Fsp3) is 0.267. The summed E-state index contributed by atoms with van der Waals surface area (Å²) in [6, 6.07) is 22.0. The van der Waals surface area contributed by atoms with E-state index < -0.39 is 0 Å². The highest BCUT2D eigenvalue weighted by atomic mass is 32.2. The molecule has 0 saturated carbocycles. The van der Waals surface area contributed by atoms with Crippen molar-refractivity contribution in [1.29, 1.82) is 0 Å². The molecule has 9 heteroatoms. The molecule has 0 atom stereocenters. The molecule has 0 aliphatic heterocycles. The number of hydrogen-bond donors (Lipinski definition) is 1. The summed E-state index contributed by atoms with van der Waals surface area (Å²) >= 11 is 1.30. The molecular formula is C30H33N5O3S. The van der Waals surface area contributed by atoms with Crippen molar-refractivity contribution in [2.24, 2.45) is 5.10 Å². The third kappa shape index (κ3) is 6.67. The number of carbonyl (C=O) groups excluding carboxylic acids is 1. The topological polar surface area (TPSA) is 90.6 Å². The number of hydrogen-bond acceptors (Lipinski definition) is 7. The summed E-state index contributed by atoms with van der Waals surface area (Å²) in [6.45, 7) is 8.61. The van der Waals surface area contributed by atoms with Crippen LogP contribution >= 0.6 is 11.8 Å². The van der Waals surface area contributed by atoms with E-state index in [4.69, 9.17) is 9.47 Å². The first-order valence-electron chi connectivity index (χ1n) is 12.5. The summed E-state index contributed by atoms with van der Waals surface area (Å²) in [5, 5.41) is 13.6. The monoisotopic (exact) mass is 543 g/mol. The van der Waals surface area contributed by atoms with Crippen molar-refractivity contribution in [1.82, 2.24) is 20.2 Å². The van der Waals surface area contributed by atoms with Gasteiger partial charge in [0.15, 0.2) is 22.5 Å². The molecule has 4 aromatic rings. The molecule has 0 aliphatic rings. The molecule has 4 rings (SSSR count). The Morgan fingerprint density at radius 3 is 2.36 bits per heavy atom. The van der Waals surface area contributed by atoms with E-state index in [0.717, 1.165) is 16.8 Å². The maximum atomic E-state index is 12.6. The molecule has 3 aromatic carbocycles. The molecule has 0 bridgehead atoms. The molecule has 0 saturated heterocycles. The van der Waals surface area contributed by atoms with Gasteiger partial charge in [0, 0.05) is 16.8 Å². The van der Waals surface area contributed by atoms with Crippen molar-refractivity contribution in [2.45, 2.75) is 38.3 Å². The molecule has 202 valence electrons. The SMILES string of the molecule is COc1cccc(C=NNC(=O)CSc2nnc(-c3ccc(C(C)(C)C)cc3)n2-c2ccc(C)cc2)c1OC. The van der Waals surface area contributed by atoms with Crippen LogP contribution in [0.15, 0.2) is 77.0 Å². The first-order chi connectivity index (χ1) is 18.7. The third-order valence-electron chi connectivity index (χ3n) is 6.09. The van der Waals surface area contributed by atoms with E-state index in [0.29, 0.717) is 28.0 Å². The average Bonchev–Trinajstić information content (AvgIpc) is 3.35. The van der Waals surface area contributed by atoms with Crippen LogP contribution in [0.5, 0.6) is 11.5 Å². The fourth-order valence-electron chi connectivity index (χ4n) is 3.95. The van der Waals surface area contributed by atoms with Gasteiger partial charge in [0.25, 0.3) is 5.91 Å². The lowest BCUT2D eigenvalue weighted by Crippen LogP contribution is -2.20. The minimum absolute atomic E-state index is 0.0533. The number of methoxy groups -OCH3 is 2. The van der Waals surface area contributed by atoms with Crippen molar-refractivity contribution < 1.29 is 14.3 Å². The highest BCUT2D eigenvalue weighted by Gasteiger charge is 2.19. The van der Waals surface area contributed by atoms with E-state index in [1.165, 1.54) is 23.5 Å². The first-order valence-corrected chi connectivity index (χ1v) is 13.5. The Hall–Kier alpha value is -4.11. The van der Waals surface area contributed by atoms with E-state index in [1.807, 2.05) is 47.9 Å². The Morgan fingerprint density at radius 1 is 1.00 bits per heavy atom. The molecule has 0 unspecified atom stereocenters. The second-order valence-corrected chi connectivity index (χ2v) is 10.9. The van der Waals surface area contributed by atoms with Crippen LogP contribution in [0.4, 0.5) is 0 Å². The summed E-state index contributed by atoms with van der Waals surface area (Å²) in [5.41, 5.74) is 7.58. The maximum absolute atomic E-state index is 12.6. The van der Waals surface area contributed by atoms with Crippen LogP contribution in [-0.4, -0.2) is 46.9 Å². The number of amides is 1. The molecule has 0 radical (unpaired) electrons. The number of aryl methyl sites for hydroxylation is 1. The summed E-state index contributed by atoms with van der Waals surface area (Å²) < 4.78 is 12.7. The van der Waals surface area contributed by atoms with E-state index >= 15 is 0 Å². The number of nitrogens with one attached hydrogen (secondary N) is 1. The van der Waals surface area contributed by atoms with Crippen LogP contribution in [0, 0.1) is 6.92 Å². The van der Waals surface area contributed by atoms with Crippen LogP contribution in [0.25, 0.3) is 17.1 Å². The molecular weight excluding hydrogens is 510 g/mol. The molecule has 1 heterocycles. The van der Waals surface area contributed by atoms with Crippen LogP contribution in [0.3, 0.4) is 0 Å². The average molecular weight is 544 g/mol. The largest absolute Gasteiger partial charge is 0.493 e. The number of nitrogens with zero attached hydrogens (tertiary/aromatic N) is 4. The fourth-order valence-corrected chi connectivity index (χ4v) is 4.69. The predicted molar refractivity (Wildman–Crippen MR) is 156 cm³/mol. The van der Waals surface area contributed by atoms with Crippen LogP contribution in [0.1, 0.15) is 37.5 Å². The first kappa shape index (κ1) is 27.9. The maximum Gasteiger partial charge on any atom is 0.250 e.